The van der Waals surface area contributed by atoms with E-state index in [1.54, 1.807) is 17.8 Å². The summed E-state index contributed by atoms with van der Waals surface area (Å²) >= 11 is 0. The van der Waals surface area contributed by atoms with Gasteiger partial charge in [0.1, 0.15) is 18.7 Å². The van der Waals surface area contributed by atoms with E-state index in [0.717, 1.165) is 5.69 Å². The van der Waals surface area contributed by atoms with Crippen molar-refractivity contribution in [3.63, 3.8) is 0 Å². The maximum atomic E-state index is 12.3. The first-order chi connectivity index (χ1) is 10.3. The third kappa shape index (κ3) is 2.66. The van der Waals surface area contributed by atoms with E-state index in [-0.39, 0.29) is 5.91 Å². The molecule has 106 valence electrons. The van der Waals surface area contributed by atoms with E-state index >= 15 is 0 Å². The van der Waals surface area contributed by atoms with Crippen molar-refractivity contribution in [2.75, 3.05) is 5.32 Å². The van der Waals surface area contributed by atoms with E-state index in [9.17, 15) is 4.79 Å². The first-order valence-electron chi connectivity index (χ1n) is 6.50. The lowest BCUT2D eigenvalue weighted by atomic mass is 10.2. The Morgan fingerprint density at radius 1 is 1.24 bits per heavy atom. The summed E-state index contributed by atoms with van der Waals surface area (Å²) in [6.45, 7) is 1.76. The zero-order chi connectivity index (χ0) is 14.7. The maximum absolute atomic E-state index is 12.3. The Morgan fingerprint density at radius 2 is 2.10 bits per heavy atom. The number of hydrogen-bond donors (Lipinski definition) is 1. The van der Waals surface area contributed by atoms with Crippen molar-refractivity contribution in [1.29, 1.82) is 0 Å². The molecular weight excluding hydrogens is 268 g/mol. The molecule has 0 bridgehead atoms. The molecule has 1 unspecified atom stereocenters. The topological polar surface area (TPSA) is 77.6 Å². The summed E-state index contributed by atoms with van der Waals surface area (Å²) in [4.78, 5) is 16.2. The summed E-state index contributed by atoms with van der Waals surface area (Å²) in [5.74, 6) is -0.167. The smallest absolute Gasteiger partial charge is 0.249 e. The second kappa shape index (κ2) is 5.58. The molecule has 0 aliphatic heterocycles. The van der Waals surface area contributed by atoms with Crippen molar-refractivity contribution in [3.8, 4) is 5.69 Å². The largest absolute Gasteiger partial charge is 0.322 e. The van der Waals surface area contributed by atoms with Gasteiger partial charge in [-0.1, -0.05) is 12.1 Å². The Kier molecular flexibility index (Phi) is 3.46. The van der Waals surface area contributed by atoms with E-state index in [1.807, 2.05) is 36.5 Å². The molecule has 0 saturated carbocycles. The van der Waals surface area contributed by atoms with Crippen molar-refractivity contribution in [1.82, 2.24) is 24.5 Å². The molecule has 1 N–H and O–H groups in total. The molecule has 3 rings (SSSR count). The highest BCUT2D eigenvalue weighted by molar-refractivity contribution is 5.95. The maximum Gasteiger partial charge on any atom is 0.249 e. The zero-order valence-corrected chi connectivity index (χ0v) is 11.4. The number of nitrogens with zero attached hydrogens (tertiary/aromatic N) is 5. The Morgan fingerprint density at radius 3 is 2.81 bits per heavy atom. The van der Waals surface area contributed by atoms with Gasteiger partial charge in [-0.05, 0) is 25.1 Å². The van der Waals surface area contributed by atoms with Crippen molar-refractivity contribution < 1.29 is 4.79 Å². The number of amides is 1. The van der Waals surface area contributed by atoms with Crippen LogP contribution in [0.4, 0.5) is 5.69 Å². The van der Waals surface area contributed by atoms with Gasteiger partial charge in [-0.15, -0.1) is 0 Å². The third-order valence-corrected chi connectivity index (χ3v) is 3.13. The summed E-state index contributed by atoms with van der Waals surface area (Å²) in [5, 5.41) is 11.1. The highest BCUT2D eigenvalue weighted by Gasteiger charge is 2.17. The van der Waals surface area contributed by atoms with Gasteiger partial charge in [0.2, 0.25) is 5.91 Å². The van der Waals surface area contributed by atoms with Gasteiger partial charge in [0.15, 0.2) is 0 Å². The highest BCUT2D eigenvalue weighted by atomic mass is 16.2. The molecule has 0 saturated heterocycles. The quantitative estimate of drug-likeness (QED) is 0.789. The minimum Gasteiger partial charge on any atom is -0.322 e. The Hall–Kier alpha value is -2.96. The van der Waals surface area contributed by atoms with Crippen LogP contribution in [-0.2, 0) is 4.79 Å². The minimum absolute atomic E-state index is 0.167. The number of carbonyl (C=O) groups is 1. The van der Waals surface area contributed by atoms with Gasteiger partial charge in [-0.3, -0.25) is 4.79 Å². The van der Waals surface area contributed by atoms with Gasteiger partial charge in [-0.25, -0.2) is 14.3 Å². The molecule has 7 heteroatoms. The molecule has 1 aromatic carbocycles. The molecule has 0 aliphatic rings. The molecule has 0 fully saturated rings. The van der Waals surface area contributed by atoms with Crippen molar-refractivity contribution in [2.24, 2.45) is 0 Å². The summed E-state index contributed by atoms with van der Waals surface area (Å²) in [6, 6.07) is 8.87. The van der Waals surface area contributed by atoms with E-state index in [0.29, 0.717) is 5.69 Å². The number of carbonyl (C=O) groups excluding carboxylic acids is 1. The van der Waals surface area contributed by atoms with Crippen LogP contribution in [0.2, 0.25) is 0 Å². The van der Waals surface area contributed by atoms with Gasteiger partial charge < -0.3 is 5.32 Å². The van der Waals surface area contributed by atoms with E-state index < -0.39 is 6.04 Å². The minimum atomic E-state index is -0.446. The standard InChI is InChI=1S/C14H14N6O/c1-11(20-10-15-9-17-20)14(21)18-12-5-2-3-6-13(12)19-8-4-7-16-19/h2-11H,1H3,(H,18,21). The van der Waals surface area contributed by atoms with Crippen LogP contribution in [0.25, 0.3) is 5.69 Å². The van der Waals surface area contributed by atoms with Gasteiger partial charge in [-0.2, -0.15) is 10.2 Å². The average molecular weight is 282 g/mol. The van der Waals surface area contributed by atoms with Crippen LogP contribution in [0.3, 0.4) is 0 Å². The summed E-state index contributed by atoms with van der Waals surface area (Å²) < 4.78 is 3.21. The fraction of sp³-hybridized carbons (Fsp3) is 0.143. The number of nitrogens with one attached hydrogen (secondary N) is 1. The molecule has 0 aliphatic carbocycles. The molecule has 3 aromatic rings. The first-order valence-corrected chi connectivity index (χ1v) is 6.50. The fourth-order valence-electron chi connectivity index (χ4n) is 1.97. The van der Waals surface area contributed by atoms with Gasteiger partial charge in [0.25, 0.3) is 0 Å². The van der Waals surface area contributed by atoms with Crippen LogP contribution >= 0.6 is 0 Å². The van der Waals surface area contributed by atoms with Gasteiger partial charge in [0, 0.05) is 12.4 Å². The van der Waals surface area contributed by atoms with Crippen LogP contribution in [0.1, 0.15) is 13.0 Å². The molecule has 21 heavy (non-hydrogen) atoms. The zero-order valence-electron chi connectivity index (χ0n) is 11.4. The second-order valence-electron chi connectivity index (χ2n) is 4.51. The van der Waals surface area contributed by atoms with Crippen LogP contribution < -0.4 is 5.32 Å². The number of hydrogen-bond acceptors (Lipinski definition) is 4. The second-order valence-corrected chi connectivity index (χ2v) is 4.51. The lowest BCUT2D eigenvalue weighted by Gasteiger charge is -2.14. The van der Waals surface area contributed by atoms with E-state index in [2.05, 4.69) is 20.5 Å². The summed E-state index contributed by atoms with van der Waals surface area (Å²) in [5.41, 5.74) is 1.50. The monoisotopic (exact) mass is 282 g/mol. The Balaban J connectivity index is 1.84. The summed E-state index contributed by atoms with van der Waals surface area (Å²) in [7, 11) is 0. The number of benzene rings is 1. The molecule has 1 amide bonds. The molecule has 2 aromatic heterocycles. The number of anilines is 1. The molecular formula is C14H14N6O. The third-order valence-electron chi connectivity index (χ3n) is 3.13. The molecule has 1 atom stereocenters. The lowest BCUT2D eigenvalue weighted by Crippen LogP contribution is -2.24. The predicted octanol–water partition coefficient (Wildman–Crippen LogP) is 1.66. The highest BCUT2D eigenvalue weighted by Crippen LogP contribution is 2.20. The van der Waals surface area contributed by atoms with Crippen LogP contribution in [-0.4, -0.2) is 30.5 Å². The van der Waals surface area contributed by atoms with Crippen molar-refractivity contribution in [3.05, 3.63) is 55.4 Å². The molecule has 7 nitrogen and oxygen atoms in total. The van der Waals surface area contributed by atoms with Crippen LogP contribution in [0.5, 0.6) is 0 Å². The van der Waals surface area contributed by atoms with E-state index in [4.69, 9.17) is 0 Å². The Labute approximate surface area is 121 Å². The Bertz CT molecular complexity index is 720. The average Bonchev–Trinajstić information content (AvgIpc) is 3.20. The normalized spacial score (nSPS) is 12.0. The number of para-hydroxylation sites is 2. The molecule has 2 heterocycles. The molecule has 0 spiro atoms. The SMILES string of the molecule is CC(C(=O)Nc1ccccc1-n1cccn1)n1cncn1. The summed E-state index contributed by atoms with van der Waals surface area (Å²) in [6.07, 6.45) is 6.44. The van der Waals surface area contributed by atoms with Gasteiger partial charge in [0.05, 0.1) is 11.4 Å². The molecule has 0 radical (unpaired) electrons. The van der Waals surface area contributed by atoms with E-state index in [1.165, 1.54) is 17.3 Å². The lowest BCUT2D eigenvalue weighted by molar-refractivity contribution is -0.119. The first kappa shape index (κ1) is 13.0. The number of rotatable bonds is 4. The van der Waals surface area contributed by atoms with Crippen LogP contribution in [0, 0.1) is 0 Å². The fourth-order valence-corrected chi connectivity index (χ4v) is 1.97. The van der Waals surface area contributed by atoms with Crippen molar-refractivity contribution in [2.45, 2.75) is 13.0 Å². The number of aromatic nitrogens is 5. The predicted molar refractivity (Wildman–Crippen MR) is 76.9 cm³/mol. The van der Waals surface area contributed by atoms with Crippen molar-refractivity contribution >= 4 is 11.6 Å². The van der Waals surface area contributed by atoms with Crippen LogP contribution in [0.15, 0.2) is 55.4 Å². The van der Waals surface area contributed by atoms with Gasteiger partial charge >= 0.3 is 0 Å².